The number of likely N-dealkylation sites (tertiary alicyclic amines) is 1. The molecule has 7 nitrogen and oxygen atoms in total. The molecule has 1 amide bonds. The molecule has 0 radical (unpaired) electrons. The standard InChI is InChI=1S/C19H29N3O4/c1-5-25-17(23)13-6-7-15(20)16(12-13)21-14-8-10-22(11-9-14)18(24)26-19(2,3)4/h6-7,12,14,21H,5,8-11,20H2,1-4H3. The molecule has 144 valence electrons. The Hall–Kier alpha value is -2.44. The van der Waals surface area contributed by atoms with E-state index < -0.39 is 5.60 Å². The summed E-state index contributed by atoms with van der Waals surface area (Å²) in [7, 11) is 0. The first-order chi connectivity index (χ1) is 12.2. The summed E-state index contributed by atoms with van der Waals surface area (Å²) >= 11 is 0. The maximum absolute atomic E-state index is 12.1. The van der Waals surface area contributed by atoms with Gasteiger partial charge in [0.25, 0.3) is 0 Å². The van der Waals surface area contributed by atoms with Crippen LogP contribution in [0.4, 0.5) is 16.2 Å². The number of benzene rings is 1. The number of rotatable bonds is 4. The fourth-order valence-corrected chi connectivity index (χ4v) is 2.78. The van der Waals surface area contributed by atoms with Gasteiger partial charge in [0.2, 0.25) is 0 Å². The van der Waals surface area contributed by atoms with Crippen molar-refractivity contribution in [3.8, 4) is 0 Å². The van der Waals surface area contributed by atoms with Gasteiger partial charge in [0.1, 0.15) is 5.60 Å². The second-order valence-electron chi connectivity index (χ2n) is 7.41. The van der Waals surface area contributed by atoms with Gasteiger partial charge < -0.3 is 25.4 Å². The molecular formula is C19H29N3O4. The van der Waals surface area contributed by atoms with Crippen molar-refractivity contribution in [3.63, 3.8) is 0 Å². The van der Waals surface area contributed by atoms with Gasteiger partial charge in [0.15, 0.2) is 0 Å². The number of esters is 1. The molecule has 7 heteroatoms. The van der Waals surface area contributed by atoms with Crippen LogP contribution >= 0.6 is 0 Å². The largest absolute Gasteiger partial charge is 0.462 e. The summed E-state index contributed by atoms with van der Waals surface area (Å²) in [4.78, 5) is 25.7. The molecule has 0 atom stereocenters. The number of hydrogen-bond acceptors (Lipinski definition) is 6. The van der Waals surface area contributed by atoms with Crippen LogP contribution in [-0.2, 0) is 9.47 Å². The van der Waals surface area contributed by atoms with Gasteiger partial charge in [0, 0.05) is 19.1 Å². The maximum atomic E-state index is 12.1. The number of nitrogens with one attached hydrogen (secondary N) is 1. The van der Waals surface area contributed by atoms with Gasteiger partial charge in [0.05, 0.1) is 23.5 Å². The topological polar surface area (TPSA) is 93.9 Å². The fraction of sp³-hybridized carbons (Fsp3) is 0.579. The van der Waals surface area contributed by atoms with Gasteiger partial charge in [-0.15, -0.1) is 0 Å². The Morgan fingerprint density at radius 2 is 1.92 bits per heavy atom. The van der Waals surface area contributed by atoms with Crippen LogP contribution in [0.1, 0.15) is 50.9 Å². The van der Waals surface area contributed by atoms with Crippen molar-refractivity contribution in [2.75, 3.05) is 30.7 Å². The number of ether oxygens (including phenoxy) is 2. The first-order valence-corrected chi connectivity index (χ1v) is 9.00. The molecule has 1 aliphatic rings. The first kappa shape index (κ1) is 19.9. The minimum Gasteiger partial charge on any atom is -0.462 e. The SMILES string of the molecule is CCOC(=O)c1ccc(N)c(NC2CCN(C(=O)OC(C)(C)C)CC2)c1. The Kier molecular flexibility index (Phi) is 6.34. The van der Waals surface area contributed by atoms with Gasteiger partial charge in [-0.05, 0) is 58.7 Å². The highest BCUT2D eigenvalue weighted by atomic mass is 16.6. The van der Waals surface area contributed by atoms with Gasteiger partial charge in [-0.25, -0.2) is 9.59 Å². The van der Waals surface area contributed by atoms with E-state index in [0.29, 0.717) is 36.6 Å². The highest BCUT2D eigenvalue weighted by molar-refractivity contribution is 5.92. The first-order valence-electron chi connectivity index (χ1n) is 9.00. The lowest BCUT2D eigenvalue weighted by Crippen LogP contribution is -2.44. The van der Waals surface area contributed by atoms with Crippen LogP contribution in [0.25, 0.3) is 0 Å². The van der Waals surface area contributed by atoms with Crippen LogP contribution in [0.5, 0.6) is 0 Å². The van der Waals surface area contributed by atoms with E-state index in [-0.39, 0.29) is 18.1 Å². The van der Waals surface area contributed by atoms with Gasteiger partial charge >= 0.3 is 12.1 Å². The van der Waals surface area contributed by atoms with E-state index in [1.165, 1.54) is 0 Å². The molecule has 0 spiro atoms. The van der Waals surface area contributed by atoms with Crippen molar-refractivity contribution in [1.82, 2.24) is 4.90 Å². The molecule has 1 aromatic rings. The molecule has 1 saturated heterocycles. The number of nitrogens with two attached hydrogens (primary N) is 1. The summed E-state index contributed by atoms with van der Waals surface area (Å²) in [6.07, 6.45) is 1.28. The quantitative estimate of drug-likeness (QED) is 0.630. The second kappa shape index (κ2) is 8.29. The van der Waals surface area contributed by atoms with E-state index in [1.54, 1.807) is 30.0 Å². The zero-order valence-corrected chi connectivity index (χ0v) is 16.0. The smallest absolute Gasteiger partial charge is 0.410 e. The Morgan fingerprint density at radius 1 is 1.27 bits per heavy atom. The Bertz CT molecular complexity index is 647. The summed E-state index contributed by atoms with van der Waals surface area (Å²) in [6, 6.07) is 5.25. The molecule has 3 N–H and O–H groups in total. The molecule has 0 bridgehead atoms. The predicted molar refractivity (Wildman–Crippen MR) is 101 cm³/mol. The molecule has 1 aromatic carbocycles. The minimum absolute atomic E-state index is 0.174. The number of carbonyl (C=O) groups is 2. The van der Waals surface area contributed by atoms with Crippen LogP contribution in [0.15, 0.2) is 18.2 Å². The van der Waals surface area contributed by atoms with Crippen LogP contribution in [0, 0.1) is 0 Å². The third kappa shape index (κ3) is 5.54. The van der Waals surface area contributed by atoms with E-state index in [2.05, 4.69) is 5.32 Å². The zero-order chi connectivity index (χ0) is 19.3. The molecule has 1 aliphatic heterocycles. The van der Waals surface area contributed by atoms with Crippen molar-refractivity contribution in [1.29, 1.82) is 0 Å². The Morgan fingerprint density at radius 3 is 2.50 bits per heavy atom. The van der Waals surface area contributed by atoms with Crippen LogP contribution in [0.3, 0.4) is 0 Å². The van der Waals surface area contributed by atoms with E-state index >= 15 is 0 Å². The average Bonchev–Trinajstić information content (AvgIpc) is 2.56. The molecule has 1 fully saturated rings. The highest BCUT2D eigenvalue weighted by Gasteiger charge is 2.27. The summed E-state index contributed by atoms with van der Waals surface area (Å²) in [5, 5.41) is 3.38. The van der Waals surface area contributed by atoms with Crippen molar-refractivity contribution in [2.24, 2.45) is 0 Å². The Balaban J connectivity index is 1.94. The molecule has 0 unspecified atom stereocenters. The molecule has 2 rings (SSSR count). The van der Waals surface area contributed by atoms with Gasteiger partial charge in [-0.3, -0.25) is 0 Å². The summed E-state index contributed by atoms with van der Waals surface area (Å²) in [5.41, 5.74) is 7.29. The summed E-state index contributed by atoms with van der Waals surface area (Å²) < 4.78 is 10.4. The van der Waals surface area contributed by atoms with Crippen LogP contribution in [-0.4, -0.2) is 48.3 Å². The lowest BCUT2D eigenvalue weighted by molar-refractivity contribution is 0.0210. The van der Waals surface area contributed by atoms with Crippen LogP contribution < -0.4 is 11.1 Å². The normalized spacial score (nSPS) is 15.5. The summed E-state index contributed by atoms with van der Waals surface area (Å²) in [5.74, 6) is -0.365. The number of amides is 1. The predicted octanol–water partition coefficient (Wildman–Crippen LogP) is 3.26. The van der Waals surface area contributed by atoms with Crippen molar-refractivity contribution in [3.05, 3.63) is 23.8 Å². The Labute approximate surface area is 154 Å². The second-order valence-corrected chi connectivity index (χ2v) is 7.41. The number of piperidine rings is 1. The molecular weight excluding hydrogens is 334 g/mol. The highest BCUT2D eigenvalue weighted by Crippen LogP contribution is 2.24. The number of carbonyl (C=O) groups excluding carboxylic acids is 2. The van der Waals surface area contributed by atoms with Crippen LogP contribution in [0.2, 0.25) is 0 Å². The lowest BCUT2D eigenvalue weighted by atomic mass is 10.0. The van der Waals surface area contributed by atoms with E-state index in [0.717, 1.165) is 12.8 Å². The number of nitrogen functional groups attached to an aromatic ring is 1. The van der Waals surface area contributed by atoms with Gasteiger partial charge in [-0.2, -0.15) is 0 Å². The monoisotopic (exact) mass is 363 g/mol. The maximum Gasteiger partial charge on any atom is 0.410 e. The molecule has 0 saturated carbocycles. The van der Waals surface area contributed by atoms with E-state index in [4.69, 9.17) is 15.2 Å². The lowest BCUT2D eigenvalue weighted by Gasteiger charge is -2.34. The van der Waals surface area contributed by atoms with Crippen molar-refractivity contribution >= 4 is 23.4 Å². The van der Waals surface area contributed by atoms with Crippen molar-refractivity contribution in [2.45, 2.75) is 52.2 Å². The van der Waals surface area contributed by atoms with Crippen molar-refractivity contribution < 1.29 is 19.1 Å². The molecule has 26 heavy (non-hydrogen) atoms. The number of anilines is 2. The molecule has 0 aromatic heterocycles. The zero-order valence-electron chi connectivity index (χ0n) is 16.0. The van der Waals surface area contributed by atoms with E-state index in [9.17, 15) is 9.59 Å². The molecule has 0 aliphatic carbocycles. The fourth-order valence-electron chi connectivity index (χ4n) is 2.78. The summed E-state index contributed by atoms with van der Waals surface area (Å²) in [6.45, 7) is 8.91. The van der Waals surface area contributed by atoms with Gasteiger partial charge in [-0.1, -0.05) is 0 Å². The number of hydrogen-bond donors (Lipinski definition) is 2. The number of nitrogens with zero attached hydrogens (tertiary/aromatic N) is 1. The minimum atomic E-state index is -0.492. The average molecular weight is 363 g/mol. The van der Waals surface area contributed by atoms with E-state index in [1.807, 2.05) is 20.8 Å². The third-order valence-electron chi connectivity index (χ3n) is 4.07. The molecule has 1 heterocycles. The third-order valence-corrected chi connectivity index (χ3v) is 4.07.